The van der Waals surface area contributed by atoms with Crippen LogP contribution in [0.15, 0.2) is 47.6 Å². The summed E-state index contributed by atoms with van der Waals surface area (Å²) in [5.74, 6) is -3.07. The molecule has 0 radical (unpaired) electrons. The Morgan fingerprint density at radius 1 is 0.971 bits per heavy atom. The maximum Gasteiger partial charge on any atom is 0.416 e. The molecule has 0 spiro atoms. The summed E-state index contributed by atoms with van der Waals surface area (Å²) in [5, 5.41) is 13.1. The van der Waals surface area contributed by atoms with Crippen molar-refractivity contribution in [2.24, 2.45) is 0 Å². The number of benzene rings is 2. The smallest absolute Gasteiger partial charge is 0.326 e. The molecular weight excluding hydrogens is 481 g/mol. The highest BCUT2D eigenvalue weighted by atomic mass is 32.2. The molecule has 0 bridgehead atoms. The van der Waals surface area contributed by atoms with Crippen molar-refractivity contribution in [3.8, 4) is 0 Å². The van der Waals surface area contributed by atoms with Gasteiger partial charge in [0.25, 0.3) is 0 Å². The number of anilines is 2. The molecule has 0 aliphatic carbocycles. The van der Waals surface area contributed by atoms with Gasteiger partial charge >= 0.3 is 6.18 Å². The molecule has 1 heterocycles. The summed E-state index contributed by atoms with van der Waals surface area (Å²) < 4.78 is 66.4. The number of alkyl halides is 3. The molecule has 3 aromatic rings. The van der Waals surface area contributed by atoms with Gasteiger partial charge in [-0.25, -0.2) is 8.78 Å². The Kier molecular flexibility index (Phi) is 7.87. The van der Waals surface area contributed by atoms with Crippen LogP contribution in [0, 0.1) is 11.6 Å². The lowest BCUT2D eigenvalue weighted by Gasteiger charge is -2.10. The number of hydrogen-bond donors (Lipinski definition) is 2. The number of aromatic nitrogens is 3. The van der Waals surface area contributed by atoms with Gasteiger partial charge in [-0.2, -0.15) is 13.2 Å². The Morgan fingerprint density at radius 2 is 1.68 bits per heavy atom. The predicted molar refractivity (Wildman–Crippen MR) is 115 cm³/mol. The van der Waals surface area contributed by atoms with Gasteiger partial charge in [-0.15, -0.1) is 10.2 Å². The maximum atomic E-state index is 13.3. The molecular formula is C21H18F5N5O2S. The number of amides is 2. The van der Waals surface area contributed by atoms with E-state index >= 15 is 0 Å². The van der Waals surface area contributed by atoms with E-state index in [1.807, 2.05) is 0 Å². The zero-order valence-electron chi connectivity index (χ0n) is 17.6. The average Bonchev–Trinajstić information content (AvgIpc) is 3.15. The quantitative estimate of drug-likeness (QED) is 0.352. The molecule has 0 aliphatic heterocycles. The van der Waals surface area contributed by atoms with Crippen LogP contribution in [0.5, 0.6) is 0 Å². The van der Waals surface area contributed by atoms with Gasteiger partial charge in [-0.05, 0) is 37.3 Å². The summed E-state index contributed by atoms with van der Waals surface area (Å²) in [6.07, 6.45) is -4.79. The summed E-state index contributed by atoms with van der Waals surface area (Å²) in [6, 6.07) is 7.22. The van der Waals surface area contributed by atoms with E-state index in [-0.39, 0.29) is 29.4 Å². The van der Waals surface area contributed by atoms with E-state index in [4.69, 9.17) is 0 Å². The molecule has 0 aliphatic rings. The summed E-state index contributed by atoms with van der Waals surface area (Å²) >= 11 is 1.02. The number of carbonyl (C=O) groups excluding carboxylic acids is 2. The van der Waals surface area contributed by atoms with E-state index in [0.29, 0.717) is 11.7 Å². The van der Waals surface area contributed by atoms with Crippen molar-refractivity contribution in [2.75, 3.05) is 16.4 Å². The van der Waals surface area contributed by atoms with E-state index < -0.39 is 35.2 Å². The van der Waals surface area contributed by atoms with Crippen LogP contribution in [0.25, 0.3) is 0 Å². The normalized spacial score (nSPS) is 11.4. The van der Waals surface area contributed by atoms with Crippen LogP contribution >= 0.6 is 11.8 Å². The second kappa shape index (κ2) is 10.6. The molecule has 0 unspecified atom stereocenters. The van der Waals surface area contributed by atoms with E-state index in [0.717, 1.165) is 36.0 Å². The third kappa shape index (κ3) is 6.53. The lowest BCUT2D eigenvalue weighted by atomic mass is 10.2. The van der Waals surface area contributed by atoms with E-state index in [1.165, 1.54) is 18.2 Å². The largest absolute Gasteiger partial charge is 0.416 e. The van der Waals surface area contributed by atoms with Crippen molar-refractivity contribution in [3.63, 3.8) is 0 Å². The van der Waals surface area contributed by atoms with Crippen molar-refractivity contribution in [1.29, 1.82) is 0 Å². The number of thioether (sulfide) groups is 1. The van der Waals surface area contributed by atoms with Gasteiger partial charge in [0.2, 0.25) is 11.8 Å². The fraction of sp³-hybridized carbons (Fsp3) is 0.238. The predicted octanol–water partition coefficient (Wildman–Crippen LogP) is 4.51. The first-order valence-electron chi connectivity index (χ1n) is 9.83. The molecule has 0 fully saturated rings. The van der Waals surface area contributed by atoms with E-state index in [1.54, 1.807) is 11.5 Å². The van der Waals surface area contributed by atoms with Gasteiger partial charge < -0.3 is 15.2 Å². The fourth-order valence-corrected chi connectivity index (χ4v) is 3.72. The van der Waals surface area contributed by atoms with Crippen LogP contribution in [0.3, 0.4) is 0 Å². The minimum absolute atomic E-state index is 0.00844. The average molecular weight is 499 g/mol. The lowest BCUT2D eigenvalue weighted by molar-refractivity contribution is -0.137. The third-order valence-corrected chi connectivity index (χ3v) is 5.40. The number of nitrogens with one attached hydrogen (secondary N) is 2. The number of carbonyl (C=O) groups is 2. The highest BCUT2D eigenvalue weighted by molar-refractivity contribution is 7.99. The molecule has 0 saturated heterocycles. The van der Waals surface area contributed by atoms with Crippen molar-refractivity contribution >= 4 is 35.0 Å². The summed E-state index contributed by atoms with van der Waals surface area (Å²) in [5.41, 5.74) is -0.804. The first-order valence-corrected chi connectivity index (χ1v) is 10.8. The van der Waals surface area contributed by atoms with Gasteiger partial charge in [0.1, 0.15) is 5.82 Å². The van der Waals surface area contributed by atoms with Crippen molar-refractivity contribution < 1.29 is 31.5 Å². The molecule has 3 rings (SSSR count). The highest BCUT2D eigenvalue weighted by Crippen LogP contribution is 2.30. The third-order valence-electron chi connectivity index (χ3n) is 4.44. The van der Waals surface area contributed by atoms with Gasteiger partial charge in [0.15, 0.2) is 16.8 Å². The molecule has 2 aromatic carbocycles. The highest BCUT2D eigenvalue weighted by Gasteiger charge is 2.30. The second-order valence-corrected chi connectivity index (χ2v) is 7.85. The standard InChI is InChI=1S/C21H18F5N5O2S/c1-2-31-17(10-18(32)27-13-5-3-4-12(8-13)21(24,25)26)29-30-20(31)34-11-19(33)28-14-6-7-15(22)16(23)9-14/h3-9H,2,10-11H2,1H3,(H,27,32)(H,28,33). The van der Waals surface area contributed by atoms with Crippen LogP contribution < -0.4 is 10.6 Å². The second-order valence-electron chi connectivity index (χ2n) is 6.91. The Bertz CT molecular complexity index is 1200. The Morgan fingerprint density at radius 3 is 2.35 bits per heavy atom. The minimum Gasteiger partial charge on any atom is -0.326 e. The maximum absolute atomic E-state index is 13.3. The SMILES string of the molecule is CCn1c(CC(=O)Nc2cccc(C(F)(F)F)c2)nnc1SCC(=O)Nc1ccc(F)c(F)c1. The van der Waals surface area contributed by atoms with E-state index in [2.05, 4.69) is 20.8 Å². The van der Waals surface area contributed by atoms with Crippen molar-refractivity contribution in [2.45, 2.75) is 31.2 Å². The van der Waals surface area contributed by atoms with Crippen molar-refractivity contribution in [1.82, 2.24) is 14.8 Å². The summed E-state index contributed by atoms with van der Waals surface area (Å²) in [7, 11) is 0. The van der Waals surface area contributed by atoms with Crippen molar-refractivity contribution in [3.05, 3.63) is 65.5 Å². The Balaban J connectivity index is 1.59. The molecule has 2 amide bonds. The van der Waals surface area contributed by atoms with E-state index in [9.17, 15) is 31.5 Å². The first kappa shape index (κ1) is 25.1. The molecule has 34 heavy (non-hydrogen) atoms. The molecule has 1 aromatic heterocycles. The topological polar surface area (TPSA) is 88.9 Å². The number of rotatable bonds is 8. The fourth-order valence-electron chi connectivity index (χ4n) is 2.90. The van der Waals surface area contributed by atoms with Crippen LogP contribution in [-0.4, -0.2) is 32.3 Å². The summed E-state index contributed by atoms with van der Waals surface area (Å²) in [6.45, 7) is 2.13. The molecule has 0 saturated carbocycles. The van der Waals surface area contributed by atoms with Crippen LogP contribution in [0.4, 0.5) is 33.3 Å². The molecule has 7 nitrogen and oxygen atoms in total. The zero-order chi connectivity index (χ0) is 24.9. The molecule has 2 N–H and O–H groups in total. The molecule has 180 valence electrons. The molecule has 13 heteroatoms. The molecule has 0 atom stereocenters. The Hall–Kier alpha value is -3.48. The van der Waals surface area contributed by atoms with Crippen LogP contribution in [0.1, 0.15) is 18.3 Å². The number of nitrogens with zero attached hydrogens (tertiary/aromatic N) is 3. The minimum atomic E-state index is -4.54. The monoisotopic (exact) mass is 499 g/mol. The summed E-state index contributed by atoms with van der Waals surface area (Å²) in [4.78, 5) is 24.5. The lowest BCUT2D eigenvalue weighted by Crippen LogP contribution is -2.18. The number of halogens is 5. The van der Waals surface area contributed by atoms with Gasteiger partial charge in [-0.1, -0.05) is 17.8 Å². The van der Waals surface area contributed by atoms with Crippen LogP contribution in [-0.2, 0) is 28.7 Å². The van der Waals surface area contributed by atoms with Gasteiger partial charge in [-0.3, -0.25) is 9.59 Å². The van der Waals surface area contributed by atoms with Crippen LogP contribution in [0.2, 0.25) is 0 Å². The van der Waals surface area contributed by atoms with Gasteiger partial charge in [0, 0.05) is 24.0 Å². The Labute approximate surface area is 194 Å². The zero-order valence-corrected chi connectivity index (χ0v) is 18.4. The number of hydrogen-bond acceptors (Lipinski definition) is 5. The van der Waals surface area contributed by atoms with Gasteiger partial charge in [0.05, 0.1) is 17.7 Å². The first-order chi connectivity index (χ1) is 16.1.